The van der Waals surface area contributed by atoms with Crippen LogP contribution in [0.1, 0.15) is 0 Å². The third kappa shape index (κ3) is 21.6. The highest BCUT2D eigenvalue weighted by molar-refractivity contribution is 5.93. The number of hydrogen-bond donors (Lipinski definition) is 0. The van der Waals surface area contributed by atoms with Crippen LogP contribution in [-0.4, -0.2) is 0 Å². The summed E-state index contributed by atoms with van der Waals surface area (Å²) in [5, 5.41) is 0. The molecule has 696 valence electrons. The Morgan fingerprint density at radius 1 is 0.0680 bits per heavy atom. The third-order valence-electron chi connectivity index (χ3n) is 27.3. The Morgan fingerprint density at radius 2 is 0.190 bits per heavy atom. The Bertz CT molecular complexity index is 8430. The van der Waals surface area contributed by atoms with Crippen molar-refractivity contribution in [1.29, 1.82) is 0 Å². The van der Waals surface area contributed by atoms with Crippen molar-refractivity contribution < 1.29 is 0 Å². The lowest BCUT2D eigenvalue weighted by Gasteiger charge is -2.26. The van der Waals surface area contributed by atoms with Gasteiger partial charge >= 0.3 is 0 Å². The van der Waals surface area contributed by atoms with Gasteiger partial charge in [-0.2, -0.15) is 0 Å². The predicted molar refractivity (Wildman–Crippen MR) is 625 cm³/mol. The molecule has 0 fully saturated rings. The van der Waals surface area contributed by atoms with Crippen molar-refractivity contribution in [3.05, 3.63) is 637 Å². The maximum atomic E-state index is 2.35. The fourth-order valence-electron chi connectivity index (χ4n) is 19.8. The smallest absolute Gasteiger partial charge is 0.0467 e. The van der Waals surface area contributed by atoms with Crippen molar-refractivity contribution >= 4 is 51.2 Å². The normalized spacial score (nSPS) is 10.9. The summed E-state index contributed by atoms with van der Waals surface area (Å²) in [5.41, 5.74) is 46.2. The largest absolute Gasteiger partial charge is 0.310 e. The second kappa shape index (κ2) is 44.7. The average Bonchev–Trinajstić information content (AvgIpc) is 0.788. The van der Waals surface area contributed by atoms with E-state index in [4.69, 9.17) is 0 Å². The van der Waals surface area contributed by atoms with E-state index in [1.807, 2.05) is 0 Å². The molecule has 24 aromatic rings. The van der Waals surface area contributed by atoms with Crippen molar-refractivity contribution in [3.8, 4) is 167 Å². The summed E-state index contributed by atoms with van der Waals surface area (Å²) in [6.07, 6.45) is 0. The molecule has 0 radical (unpaired) electrons. The number of rotatable bonds is 24. The van der Waals surface area contributed by atoms with Crippen LogP contribution in [0.25, 0.3) is 167 Å². The zero-order chi connectivity index (χ0) is 98.5. The minimum Gasteiger partial charge on any atom is -0.310 e. The van der Waals surface area contributed by atoms with E-state index >= 15 is 0 Å². The lowest BCUT2D eigenvalue weighted by Crippen LogP contribution is -2.10. The molecule has 0 bridgehead atoms. The van der Waals surface area contributed by atoms with E-state index in [1.54, 1.807) is 0 Å². The Hall–Kier alpha value is -19.3. The number of anilines is 9. The molecule has 0 saturated heterocycles. The minimum absolute atomic E-state index is 1.10. The van der Waals surface area contributed by atoms with Gasteiger partial charge in [-0.05, 0) is 282 Å². The molecule has 0 aliphatic heterocycles. The van der Waals surface area contributed by atoms with Crippen molar-refractivity contribution in [1.82, 2.24) is 0 Å². The van der Waals surface area contributed by atoms with Gasteiger partial charge in [0.15, 0.2) is 0 Å². The average molecular weight is 1880 g/mol. The molecule has 0 saturated carbocycles. The van der Waals surface area contributed by atoms with E-state index in [0.717, 1.165) is 51.2 Å². The fraction of sp³-hybridized carbons (Fsp3) is 0. The van der Waals surface area contributed by atoms with Crippen LogP contribution in [0, 0.1) is 0 Å². The van der Waals surface area contributed by atoms with Gasteiger partial charge in [0.25, 0.3) is 0 Å². The molecule has 3 nitrogen and oxygen atoms in total. The predicted octanol–water partition coefficient (Wildman–Crippen LogP) is 40.5. The van der Waals surface area contributed by atoms with E-state index in [2.05, 4.69) is 652 Å². The first kappa shape index (κ1) is 92.7. The van der Waals surface area contributed by atoms with Crippen LogP contribution in [-0.2, 0) is 0 Å². The minimum atomic E-state index is 1.10. The Balaban J connectivity index is 0.000000125. The Labute approximate surface area is 863 Å². The highest BCUT2D eigenvalue weighted by Gasteiger charge is 2.22. The van der Waals surface area contributed by atoms with Gasteiger partial charge in [-0.3, -0.25) is 0 Å². The zero-order valence-electron chi connectivity index (χ0n) is 81.5. The molecule has 147 heavy (non-hydrogen) atoms. The highest BCUT2D eigenvalue weighted by Crippen LogP contribution is 2.47. The summed E-state index contributed by atoms with van der Waals surface area (Å²) < 4.78 is 0. The van der Waals surface area contributed by atoms with Crippen molar-refractivity contribution in [2.75, 3.05) is 14.7 Å². The van der Waals surface area contributed by atoms with E-state index in [0.29, 0.717) is 0 Å². The van der Waals surface area contributed by atoms with Crippen LogP contribution in [0.15, 0.2) is 637 Å². The molecule has 24 aromatic carbocycles. The van der Waals surface area contributed by atoms with Gasteiger partial charge in [0, 0.05) is 51.2 Å². The molecule has 0 aromatic heterocycles. The van der Waals surface area contributed by atoms with Crippen LogP contribution >= 0.6 is 0 Å². The summed E-state index contributed by atoms with van der Waals surface area (Å²) in [4.78, 5) is 7.04. The van der Waals surface area contributed by atoms with Gasteiger partial charge in [0.1, 0.15) is 0 Å². The summed E-state index contributed by atoms with van der Waals surface area (Å²) in [6, 6.07) is 228. The SMILES string of the molecule is c1ccc(-c2ccc(-c3ccc(N(c4ccc(-c5ccccc5-c5ccccc5)cc4)c4cccc(-c5ccccc5)c4)cc3)cc2)cc1.c1ccc(-c2ccc(-c3ccccc3-c3ccc(N(c4ccc(-c5ccccc5)cc4)c4cccc(-c5ccccc5)c4)cc3)cc2)cc1.c1ccc(-c2ccc(N(c3ccc(-c4ccccc4-c4cccc(-c5ccccc5)c4)cc3)c3cccc(-c4ccccc4)c3)cc2)cc1. The topological polar surface area (TPSA) is 9.72 Å². The van der Waals surface area contributed by atoms with E-state index in [1.165, 1.54) is 167 Å². The van der Waals surface area contributed by atoms with Gasteiger partial charge < -0.3 is 14.7 Å². The first-order valence-electron chi connectivity index (χ1n) is 50.3. The molecule has 0 atom stereocenters. The second-order valence-electron chi connectivity index (χ2n) is 36.6. The molecule has 0 heterocycles. The van der Waals surface area contributed by atoms with Crippen molar-refractivity contribution in [3.63, 3.8) is 0 Å². The number of benzene rings is 24. The quantitative estimate of drug-likeness (QED) is 0.0597. The molecule has 0 aliphatic carbocycles. The number of nitrogens with zero attached hydrogens (tertiary/aromatic N) is 3. The molecule has 0 spiro atoms. The van der Waals surface area contributed by atoms with E-state index in [9.17, 15) is 0 Å². The van der Waals surface area contributed by atoms with Gasteiger partial charge in [-0.15, -0.1) is 0 Å². The summed E-state index contributed by atoms with van der Waals surface area (Å²) in [7, 11) is 0. The lowest BCUT2D eigenvalue weighted by molar-refractivity contribution is 1.28. The maximum absolute atomic E-state index is 2.35. The Kier molecular flexibility index (Phi) is 28.2. The fourth-order valence-corrected chi connectivity index (χ4v) is 19.8. The van der Waals surface area contributed by atoms with Crippen LogP contribution in [0.2, 0.25) is 0 Å². The monoisotopic (exact) mass is 1880 g/mol. The summed E-state index contributed by atoms with van der Waals surface area (Å²) in [6.45, 7) is 0. The van der Waals surface area contributed by atoms with Gasteiger partial charge in [-0.1, -0.05) is 522 Å². The lowest BCUT2D eigenvalue weighted by atomic mass is 9.92. The molecule has 0 N–H and O–H groups in total. The first-order chi connectivity index (χ1) is 72.9. The van der Waals surface area contributed by atoms with Crippen molar-refractivity contribution in [2.45, 2.75) is 0 Å². The molecular weight excluding hydrogens is 1770 g/mol. The van der Waals surface area contributed by atoms with Crippen molar-refractivity contribution in [2.24, 2.45) is 0 Å². The van der Waals surface area contributed by atoms with Crippen LogP contribution < -0.4 is 14.7 Å². The molecule has 0 unspecified atom stereocenters. The molecule has 0 aliphatic rings. The first-order valence-corrected chi connectivity index (χ1v) is 50.3. The van der Waals surface area contributed by atoms with Gasteiger partial charge in [0.2, 0.25) is 0 Å². The number of hydrogen-bond acceptors (Lipinski definition) is 3. The van der Waals surface area contributed by atoms with Gasteiger partial charge in [0.05, 0.1) is 0 Å². The Morgan fingerprint density at radius 3 is 0.401 bits per heavy atom. The maximum Gasteiger partial charge on any atom is 0.0467 e. The highest BCUT2D eigenvalue weighted by atomic mass is 15.2. The van der Waals surface area contributed by atoms with Crippen LogP contribution in [0.5, 0.6) is 0 Å². The third-order valence-corrected chi connectivity index (χ3v) is 27.3. The summed E-state index contributed by atoms with van der Waals surface area (Å²) >= 11 is 0. The molecule has 24 rings (SSSR count). The molecule has 0 amide bonds. The summed E-state index contributed by atoms with van der Waals surface area (Å²) in [5.74, 6) is 0. The zero-order valence-corrected chi connectivity index (χ0v) is 81.5. The standard InChI is InChI=1S/3C48H35N/c1-4-14-36(15-5-1)39-26-30-44(31-27-39)49(46-23-13-21-42(35-46)38-18-8-3-9-19-38)45-32-28-40(29-33-45)47-24-10-11-25-48(47)43-22-12-20-41(34-43)37-16-6-2-7-17-37;1-4-13-36(14-5-1)38-23-25-39(26-24-38)40-27-31-44(32-28-40)49(46-20-12-19-43(35-46)37-15-6-2-7-16-37)45-33-29-42(30-34-45)48-22-11-10-21-47(48)41-17-8-3-9-18-41;1-4-13-36(14-5-1)39-23-25-41(26-24-39)47-21-10-11-22-48(47)42-29-33-45(34-30-42)49(44-31-27-40(28-32-44)37-15-6-2-7-16-37)46-20-12-19-43(35-46)38-17-8-3-9-18-38/h3*1-35H. The molecule has 3 heteroatoms. The van der Waals surface area contributed by atoms with E-state index < -0.39 is 0 Å². The van der Waals surface area contributed by atoms with Gasteiger partial charge in [-0.25, -0.2) is 0 Å². The van der Waals surface area contributed by atoms with Crippen LogP contribution in [0.4, 0.5) is 51.2 Å². The van der Waals surface area contributed by atoms with E-state index in [-0.39, 0.29) is 0 Å². The molecular formula is C144H105N3. The van der Waals surface area contributed by atoms with Crippen LogP contribution in [0.3, 0.4) is 0 Å². The second-order valence-corrected chi connectivity index (χ2v) is 36.6.